The van der Waals surface area contributed by atoms with Gasteiger partial charge < -0.3 is 21.5 Å². The van der Waals surface area contributed by atoms with Crippen LogP contribution in [-0.4, -0.2) is 40.2 Å². The van der Waals surface area contributed by atoms with E-state index in [2.05, 4.69) is 20.6 Å². The number of hydrogen-bond donors (Lipinski definition) is 4. The largest absolute Gasteiger partial charge is 0.381 e. The first-order valence-electron chi connectivity index (χ1n) is 5.33. The molecule has 0 saturated heterocycles. The number of anilines is 2. The fourth-order valence-corrected chi connectivity index (χ4v) is 1.20. The van der Waals surface area contributed by atoms with E-state index in [4.69, 9.17) is 5.73 Å². The first kappa shape index (κ1) is 13.2. The van der Waals surface area contributed by atoms with Gasteiger partial charge in [-0.1, -0.05) is 0 Å². The Hall–Kier alpha value is -1.89. The first-order chi connectivity index (χ1) is 8.02. The maximum Gasteiger partial charge on any atom is 0.248 e. The minimum absolute atomic E-state index is 0.0252. The molecule has 1 unspecified atom stereocenters. The van der Waals surface area contributed by atoms with Gasteiger partial charge in [0.2, 0.25) is 11.9 Å². The monoisotopic (exact) mass is 239 g/mol. The molecule has 1 atom stereocenters. The molecule has 7 nitrogen and oxygen atoms in total. The minimum atomic E-state index is -1.23. The predicted octanol–water partition coefficient (Wildman–Crippen LogP) is -0.525. The summed E-state index contributed by atoms with van der Waals surface area (Å²) in [5.41, 5.74) is 5.72. The summed E-state index contributed by atoms with van der Waals surface area (Å²) in [5.74, 6) is 0.271. The quantitative estimate of drug-likeness (QED) is 0.531. The van der Waals surface area contributed by atoms with Gasteiger partial charge in [-0.05, 0) is 13.8 Å². The molecule has 0 aliphatic rings. The fraction of sp³-hybridized carbons (Fsp3) is 0.500. The van der Waals surface area contributed by atoms with E-state index in [1.807, 2.05) is 13.8 Å². The Bertz CT molecular complexity index is 396. The van der Waals surface area contributed by atoms with Crippen molar-refractivity contribution < 1.29 is 9.90 Å². The highest BCUT2D eigenvalue weighted by Crippen LogP contribution is 2.09. The summed E-state index contributed by atoms with van der Waals surface area (Å²) in [5, 5.41) is 15.0. The maximum atomic E-state index is 10.6. The average molecular weight is 239 g/mol. The zero-order valence-corrected chi connectivity index (χ0v) is 9.90. The van der Waals surface area contributed by atoms with E-state index in [1.54, 1.807) is 6.07 Å². The summed E-state index contributed by atoms with van der Waals surface area (Å²) in [6, 6.07) is 1.72. The third-order valence-electron chi connectivity index (χ3n) is 1.99. The Labute approximate surface area is 99.5 Å². The Balaban J connectivity index is 2.67. The molecular weight excluding hydrogens is 222 g/mol. The molecule has 0 aliphatic heterocycles. The van der Waals surface area contributed by atoms with Crippen molar-refractivity contribution in [2.24, 2.45) is 5.73 Å². The van der Waals surface area contributed by atoms with Crippen molar-refractivity contribution >= 4 is 17.7 Å². The number of rotatable bonds is 6. The zero-order chi connectivity index (χ0) is 12.8. The van der Waals surface area contributed by atoms with Crippen LogP contribution in [0.5, 0.6) is 0 Å². The van der Waals surface area contributed by atoms with Crippen LogP contribution >= 0.6 is 0 Å². The van der Waals surface area contributed by atoms with Gasteiger partial charge in [0.15, 0.2) is 0 Å². The number of aromatic nitrogens is 2. The molecule has 0 spiro atoms. The molecule has 1 rings (SSSR count). The lowest BCUT2D eigenvalue weighted by molar-refractivity contribution is -0.125. The Kier molecular flexibility index (Phi) is 4.65. The summed E-state index contributed by atoms with van der Waals surface area (Å²) >= 11 is 0. The summed E-state index contributed by atoms with van der Waals surface area (Å²) in [6.45, 7) is 4.51. The van der Waals surface area contributed by atoms with Crippen molar-refractivity contribution in [3.63, 3.8) is 0 Å². The van der Waals surface area contributed by atoms with Crippen LogP contribution in [0.25, 0.3) is 0 Å². The number of amides is 1. The number of aryl methyl sites for hydroxylation is 1. The number of nitrogens with one attached hydrogen (secondary N) is 2. The van der Waals surface area contributed by atoms with Gasteiger partial charge in [0, 0.05) is 18.3 Å². The van der Waals surface area contributed by atoms with E-state index in [1.165, 1.54) is 0 Å². The van der Waals surface area contributed by atoms with E-state index >= 15 is 0 Å². The van der Waals surface area contributed by atoms with Gasteiger partial charge in [0.1, 0.15) is 11.9 Å². The third kappa shape index (κ3) is 4.23. The van der Waals surface area contributed by atoms with Crippen LogP contribution < -0.4 is 16.4 Å². The molecule has 1 amide bonds. The summed E-state index contributed by atoms with van der Waals surface area (Å²) < 4.78 is 0. The fourth-order valence-electron chi connectivity index (χ4n) is 1.20. The number of carbonyl (C=O) groups is 1. The number of hydrogen-bond acceptors (Lipinski definition) is 6. The van der Waals surface area contributed by atoms with Gasteiger partial charge in [0.05, 0.1) is 6.54 Å². The zero-order valence-electron chi connectivity index (χ0n) is 9.90. The van der Waals surface area contributed by atoms with Crippen molar-refractivity contribution in [1.82, 2.24) is 9.97 Å². The number of nitrogens with two attached hydrogens (primary N) is 1. The van der Waals surface area contributed by atoms with Crippen LogP contribution in [-0.2, 0) is 4.79 Å². The lowest BCUT2D eigenvalue weighted by atomic mass is 10.3. The molecule has 1 aromatic heterocycles. The topological polar surface area (TPSA) is 113 Å². The number of primary amides is 1. The summed E-state index contributed by atoms with van der Waals surface area (Å²) in [6.07, 6.45) is -1.23. The van der Waals surface area contributed by atoms with E-state index in [-0.39, 0.29) is 6.54 Å². The number of nitrogens with zero attached hydrogens (tertiary/aromatic N) is 2. The minimum Gasteiger partial charge on any atom is -0.381 e. The van der Waals surface area contributed by atoms with Crippen LogP contribution in [0.1, 0.15) is 12.6 Å². The molecule has 1 heterocycles. The van der Waals surface area contributed by atoms with Crippen molar-refractivity contribution in [3.8, 4) is 0 Å². The van der Waals surface area contributed by atoms with Crippen LogP contribution in [0.2, 0.25) is 0 Å². The standard InChI is InChI=1S/C10H17N5O2/c1-3-12-10-14-6(2)4-8(15-10)13-5-7(16)9(11)17/h4,7,16H,3,5H2,1-2H3,(H2,11,17)(H2,12,13,14,15). The number of aliphatic hydroxyl groups is 1. The van der Waals surface area contributed by atoms with Gasteiger partial charge in [-0.25, -0.2) is 4.98 Å². The second-order valence-electron chi connectivity index (χ2n) is 3.55. The van der Waals surface area contributed by atoms with Crippen LogP contribution in [0.3, 0.4) is 0 Å². The van der Waals surface area contributed by atoms with Crippen LogP contribution in [0.15, 0.2) is 6.07 Å². The lowest BCUT2D eigenvalue weighted by Crippen LogP contribution is -2.34. The van der Waals surface area contributed by atoms with E-state index < -0.39 is 12.0 Å². The molecule has 0 aromatic carbocycles. The van der Waals surface area contributed by atoms with E-state index in [0.29, 0.717) is 18.3 Å². The first-order valence-corrected chi connectivity index (χ1v) is 5.33. The normalized spacial score (nSPS) is 11.9. The summed E-state index contributed by atoms with van der Waals surface area (Å²) in [7, 11) is 0. The van der Waals surface area contributed by atoms with Gasteiger partial charge in [0.25, 0.3) is 0 Å². The SMILES string of the molecule is CCNc1nc(C)cc(NCC(O)C(N)=O)n1. The summed E-state index contributed by atoms with van der Waals surface area (Å²) in [4.78, 5) is 19.0. The second-order valence-corrected chi connectivity index (χ2v) is 3.55. The molecule has 0 fully saturated rings. The number of aliphatic hydroxyl groups excluding tert-OH is 1. The molecule has 0 bridgehead atoms. The molecule has 1 aromatic rings. The second kappa shape index (κ2) is 6.00. The van der Waals surface area contributed by atoms with Gasteiger partial charge in [-0.15, -0.1) is 0 Å². The highest BCUT2D eigenvalue weighted by molar-refractivity contribution is 5.79. The van der Waals surface area contributed by atoms with Gasteiger partial charge >= 0.3 is 0 Å². The highest BCUT2D eigenvalue weighted by atomic mass is 16.3. The number of carbonyl (C=O) groups excluding carboxylic acids is 1. The third-order valence-corrected chi connectivity index (χ3v) is 1.99. The molecule has 0 aliphatic carbocycles. The van der Waals surface area contributed by atoms with Crippen molar-refractivity contribution in [3.05, 3.63) is 11.8 Å². The van der Waals surface area contributed by atoms with E-state index in [9.17, 15) is 9.90 Å². The Morgan fingerprint density at radius 3 is 2.82 bits per heavy atom. The highest BCUT2D eigenvalue weighted by Gasteiger charge is 2.10. The van der Waals surface area contributed by atoms with E-state index in [0.717, 1.165) is 5.69 Å². The van der Waals surface area contributed by atoms with Crippen LogP contribution in [0.4, 0.5) is 11.8 Å². The molecule has 7 heteroatoms. The predicted molar refractivity (Wildman–Crippen MR) is 64.6 cm³/mol. The smallest absolute Gasteiger partial charge is 0.248 e. The van der Waals surface area contributed by atoms with Gasteiger partial charge in [-0.3, -0.25) is 4.79 Å². The lowest BCUT2D eigenvalue weighted by Gasteiger charge is -2.10. The Morgan fingerprint density at radius 2 is 2.24 bits per heavy atom. The molecule has 17 heavy (non-hydrogen) atoms. The van der Waals surface area contributed by atoms with Gasteiger partial charge in [-0.2, -0.15) is 4.98 Å². The van der Waals surface area contributed by atoms with Crippen molar-refractivity contribution in [2.45, 2.75) is 20.0 Å². The molecular formula is C10H17N5O2. The molecule has 0 radical (unpaired) electrons. The molecule has 5 N–H and O–H groups in total. The molecule has 94 valence electrons. The van der Waals surface area contributed by atoms with Crippen molar-refractivity contribution in [2.75, 3.05) is 23.7 Å². The average Bonchev–Trinajstić information content (AvgIpc) is 2.25. The maximum absolute atomic E-state index is 10.6. The Morgan fingerprint density at radius 1 is 1.53 bits per heavy atom. The van der Waals surface area contributed by atoms with Crippen LogP contribution in [0, 0.1) is 6.92 Å². The van der Waals surface area contributed by atoms with Crippen molar-refractivity contribution in [1.29, 1.82) is 0 Å². The molecule has 0 saturated carbocycles.